The number of hydrogen-bond donors (Lipinski definition) is 2. The number of nitrogens with zero attached hydrogens (tertiary/aromatic N) is 6. The van der Waals surface area contributed by atoms with E-state index in [-0.39, 0.29) is 28.9 Å². The lowest BCUT2D eigenvalue weighted by Gasteiger charge is -2.29. The third-order valence-corrected chi connectivity index (χ3v) is 14.4. The van der Waals surface area contributed by atoms with Crippen molar-refractivity contribution in [1.29, 1.82) is 0 Å². The number of aromatic nitrogens is 4. The van der Waals surface area contributed by atoms with Crippen LogP contribution in [0.5, 0.6) is 0 Å². The Morgan fingerprint density at radius 1 is 0.771 bits per heavy atom. The number of halogens is 4. The number of methoxy groups -OCH3 is 2. The van der Waals surface area contributed by atoms with Gasteiger partial charge in [-0.05, 0) is 97.4 Å². The van der Waals surface area contributed by atoms with Gasteiger partial charge in [-0.25, -0.2) is 21.2 Å². The predicted octanol–water partition coefficient (Wildman–Crippen LogP) is 10.1. The van der Waals surface area contributed by atoms with Crippen LogP contribution in [-0.4, -0.2) is 95.0 Å². The molecule has 2 aliphatic heterocycles. The van der Waals surface area contributed by atoms with Gasteiger partial charge in [0.2, 0.25) is 0 Å². The Morgan fingerprint density at radius 2 is 1.41 bits per heavy atom. The molecule has 4 aromatic heterocycles. The van der Waals surface area contributed by atoms with Crippen molar-refractivity contribution in [2.75, 3.05) is 82.4 Å². The largest absolute Gasteiger partial charge is 0.423 e. The highest BCUT2D eigenvalue weighted by Gasteiger charge is 2.28. The van der Waals surface area contributed by atoms with Gasteiger partial charge in [0.1, 0.15) is 22.7 Å². The number of H-pyrrole nitrogens is 1. The highest BCUT2D eigenvalue weighted by Crippen LogP contribution is 2.35. The molecular weight excluding hydrogens is 962 g/mol. The van der Waals surface area contributed by atoms with E-state index in [4.69, 9.17) is 29.9 Å². The second kappa shape index (κ2) is 21.4. The molecule has 9 aromatic rings. The number of hydrogen-bond acceptors (Lipinski definition) is 12. The predicted molar refractivity (Wildman–Crippen MR) is 275 cm³/mol. The molecule has 0 radical (unpaired) electrons. The Labute approximate surface area is 415 Å². The van der Waals surface area contributed by atoms with Gasteiger partial charge in [-0.2, -0.15) is 9.97 Å². The van der Waals surface area contributed by atoms with Crippen LogP contribution in [0.15, 0.2) is 111 Å². The third kappa shape index (κ3) is 10.5. The molecule has 2 N–H and O–H groups in total. The van der Waals surface area contributed by atoms with Gasteiger partial charge in [0.25, 0.3) is 22.1 Å². The van der Waals surface area contributed by atoms with Crippen LogP contribution in [0.2, 0.25) is 5.02 Å². The van der Waals surface area contributed by atoms with E-state index in [2.05, 4.69) is 37.3 Å². The Morgan fingerprint density at radius 3 is 2.10 bits per heavy atom. The fourth-order valence-electron chi connectivity index (χ4n) is 8.69. The number of anilines is 3. The molecule has 5 aromatic carbocycles. The summed E-state index contributed by atoms with van der Waals surface area (Å²) in [7, 11) is 3.47. The van der Waals surface area contributed by atoms with Crippen molar-refractivity contribution < 1.29 is 35.5 Å². The summed E-state index contributed by atoms with van der Waals surface area (Å²) < 4.78 is 76.7. The standard InChI is InChI=1S/C22H23FN4O2.C18H17FN2O2S.C11H13ClN2O2.ClH/c1-26(9-10-28-2)22-25-20-12-15(4-6-21(20)29-22)27-8-7-18-17(13-27)16-5-3-14(23)11-19(16)24-18;1-12-2-5-14(6-3-12)24(22,23)21-17-7-4-13(19)10-15(17)16-11-20-9-8-18(16)21;1-14(5-6-15-2)11-13-9-7-8(12)3-4-10(9)16-11;/h3-6,11-12,24H,7-10,13H2,1-2H3;2-7,10,20H,8-9,11H2,1H3;3-4,7H,5-6H2,1-2H3;1H. The van der Waals surface area contributed by atoms with Crippen molar-refractivity contribution in [2.45, 2.75) is 37.8 Å². The lowest BCUT2D eigenvalue weighted by Crippen LogP contribution is -2.29. The molecule has 0 amide bonds. The number of rotatable bonds is 11. The second-order valence-corrected chi connectivity index (χ2v) is 19.3. The smallest absolute Gasteiger partial charge is 0.298 e. The zero-order valence-corrected chi connectivity index (χ0v) is 41.8. The number of aromatic amines is 1. The number of ether oxygens (including phenoxy) is 2. The van der Waals surface area contributed by atoms with E-state index in [9.17, 15) is 17.2 Å². The molecule has 0 saturated heterocycles. The number of benzene rings is 5. The van der Waals surface area contributed by atoms with Crippen LogP contribution in [0.1, 0.15) is 28.1 Å². The fourth-order valence-corrected chi connectivity index (χ4v) is 10.5. The second-order valence-electron chi connectivity index (χ2n) is 17.1. The number of likely N-dealkylation sites (N-methyl/N-ethyl adjacent to an activating group) is 2. The maximum Gasteiger partial charge on any atom is 0.298 e. The maximum absolute atomic E-state index is 13.7. The molecule has 2 aliphatic rings. The zero-order chi connectivity index (χ0) is 48.4. The summed E-state index contributed by atoms with van der Waals surface area (Å²) in [4.78, 5) is 18.8. The molecule has 0 spiro atoms. The van der Waals surface area contributed by atoms with Gasteiger partial charge in [0.15, 0.2) is 11.2 Å². The van der Waals surface area contributed by atoms with E-state index in [0.29, 0.717) is 67.2 Å². The lowest BCUT2D eigenvalue weighted by molar-refractivity contribution is 0.205. The summed E-state index contributed by atoms with van der Waals surface area (Å²) >= 11 is 5.88. The molecule has 0 saturated carbocycles. The molecule has 0 atom stereocenters. The van der Waals surface area contributed by atoms with Crippen LogP contribution in [0.3, 0.4) is 0 Å². The minimum absolute atomic E-state index is 0. The fraction of sp³-hybridized carbons (Fsp3) is 0.294. The topological polar surface area (TPSA) is 147 Å². The average Bonchev–Trinajstić information content (AvgIpc) is 4.14. The van der Waals surface area contributed by atoms with E-state index in [1.54, 1.807) is 62.8 Å². The molecule has 0 unspecified atom stereocenters. The van der Waals surface area contributed by atoms with Gasteiger partial charge in [0, 0.05) is 124 Å². The molecule has 14 nitrogen and oxygen atoms in total. The molecule has 11 rings (SSSR count). The summed E-state index contributed by atoms with van der Waals surface area (Å²) in [5, 5.41) is 5.65. The van der Waals surface area contributed by atoms with Crippen LogP contribution >= 0.6 is 24.0 Å². The average molecular weight is 1020 g/mol. The first-order chi connectivity index (χ1) is 33.3. The van der Waals surface area contributed by atoms with Crippen molar-refractivity contribution in [3.63, 3.8) is 0 Å². The molecule has 6 heterocycles. The van der Waals surface area contributed by atoms with Crippen LogP contribution in [-0.2, 0) is 45.4 Å². The SMILES string of the molecule is COCCN(C)c1nc2cc(Cl)ccc2o1.COCCN(C)c1nc2cc(N3CCc4[nH]c5cc(F)ccc5c4C3)ccc2o1.Cc1ccc(S(=O)(=O)n2c3c(c4cc(F)ccc42)CNCC3)cc1.Cl. The Balaban J connectivity index is 0.000000146. The highest BCUT2D eigenvalue weighted by molar-refractivity contribution is 7.90. The first-order valence-electron chi connectivity index (χ1n) is 22.6. The van der Waals surface area contributed by atoms with Crippen LogP contribution in [0.4, 0.5) is 26.5 Å². The number of aryl methyl sites for hydroxylation is 1. The Kier molecular flexibility index (Phi) is 15.4. The Hall–Kier alpha value is -6.21. The monoisotopic (exact) mass is 1010 g/mol. The lowest BCUT2D eigenvalue weighted by atomic mass is 10.0. The van der Waals surface area contributed by atoms with Crippen LogP contribution in [0, 0.1) is 18.6 Å². The summed E-state index contributed by atoms with van der Waals surface area (Å²) in [5.74, 6) is -0.573. The maximum atomic E-state index is 13.7. The minimum atomic E-state index is -3.73. The number of oxazole rings is 2. The zero-order valence-electron chi connectivity index (χ0n) is 39.4. The summed E-state index contributed by atoms with van der Waals surface area (Å²) in [6.07, 6.45) is 1.49. The Bertz CT molecular complexity index is 3390. The molecule has 0 aliphatic carbocycles. The third-order valence-electron chi connectivity index (χ3n) is 12.4. The summed E-state index contributed by atoms with van der Waals surface area (Å²) in [6.45, 7) is 7.54. The molecule has 0 fully saturated rings. The van der Waals surface area contributed by atoms with Gasteiger partial charge in [-0.1, -0.05) is 29.3 Å². The first kappa shape index (κ1) is 50.2. The van der Waals surface area contributed by atoms with Crippen molar-refractivity contribution in [3.8, 4) is 0 Å². The molecule has 0 bridgehead atoms. The first-order valence-corrected chi connectivity index (χ1v) is 24.4. The number of fused-ring (bicyclic) bond motifs is 8. The van der Waals surface area contributed by atoms with Crippen molar-refractivity contribution >= 4 is 95.8 Å². The van der Waals surface area contributed by atoms with E-state index in [1.165, 1.54) is 33.4 Å². The molecule has 368 valence electrons. The van der Waals surface area contributed by atoms with Crippen molar-refractivity contribution in [1.82, 2.24) is 24.2 Å². The van der Waals surface area contributed by atoms with Crippen LogP contribution < -0.4 is 20.0 Å². The highest BCUT2D eigenvalue weighted by atomic mass is 35.5. The van der Waals surface area contributed by atoms with Crippen molar-refractivity contribution in [3.05, 3.63) is 142 Å². The van der Waals surface area contributed by atoms with E-state index >= 15 is 0 Å². The minimum Gasteiger partial charge on any atom is -0.423 e. The van der Waals surface area contributed by atoms with Gasteiger partial charge >= 0.3 is 0 Å². The van der Waals surface area contributed by atoms with E-state index in [0.717, 1.165) is 81.7 Å². The summed E-state index contributed by atoms with van der Waals surface area (Å²) in [6, 6.07) is 28.7. The molecule has 70 heavy (non-hydrogen) atoms. The van der Waals surface area contributed by atoms with Crippen LogP contribution in [0.25, 0.3) is 44.0 Å². The van der Waals surface area contributed by atoms with E-state index < -0.39 is 10.0 Å². The summed E-state index contributed by atoms with van der Waals surface area (Å²) in [5.41, 5.74) is 10.7. The van der Waals surface area contributed by atoms with Gasteiger partial charge in [-0.3, -0.25) is 0 Å². The number of nitrogens with one attached hydrogen (secondary N) is 2. The van der Waals surface area contributed by atoms with Gasteiger partial charge in [-0.15, -0.1) is 12.4 Å². The normalized spacial score (nSPS) is 13.3. The van der Waals surface area contributed by atoms with Gasteiger partial charge in [0.05, 0.1) is 23.6 Å². The molecule has 19 heteroatoms. The van der Waals surface area contributed by atoms with E-state index in [1.807, 2.05) is 49.0 Å². The van der Waals surface area contributed by atoms with Crippen molar-refractivity contribution in [2.24, 2.45) is 0 Å². The molecular formula is C51H54Cl2F2N8O6S. The quantitative estimate of drug-likeness (QED) is 0.127. The van der Waals surface area contributed by atoms with Gasteiger partial charge < -0.3 is 43.3 Å².